The number of anilines is 1. The Labute approximate surface area is 114 Å². The molecular formula is C8H12ClN5O4S. The van der Waals surface area contributed by atoms with E-state index in [9.17, 15) is 18.5 Å². The molecule has 0 amide bonds. The van der Waals surface area contributed by atoms with Crippen molar-refractivity contribution in [3.8, 4) is 0 Å². The predicted octanol–water partition coefficient (Wildman–Crippen LogP) is 0.389. The van der Waals surface area contributed by atoms with Gasteiger partial charge >= 0.3 is 5.69 Å². The Morgan fingerprint density at radius 3 is 2.68 bits per heavy atom. The van der Waals surface area contributed by atoms with E-state index in [1.54, 1.807) is 0 Å². The minimum absolute atomic E-state index is 0.00403. The quantitative estimate of drug-likeness (QED) is 0.323. The van der Waals surface area contributed by atoms with Gasteiger partial charge in [0.25, 0.3) is 0 Å². The Kier molecular flexibility index (Phi) is 5.39. The highest BCUT2D eigenvalue weighted by Gasteiger charge is 2.20. The third kappa shape index (κ3) is 5.32. The second kappa shape index (κ2) is 6.59. The Balaban J connectivity index is 2.55. The van der Waals surface area contributed by atoms with Crippen molar-refractivity contribution in [3.05, 3.63) is 21.6 Å². The highest BCUT2D eigenvalue weighted by molar-refractivity contribution is 7.88. The molecule has 1 aromatic heterocycles. The number of halogens is 1. The molecule has 1 aromatic rings. The van der Waals surface area contributed by atoms with Gasteiger partial charge in [0.1, 0.15) is 6.33 Å². The lowest BCUT2D eigenvalue weighted by molar-refractivity contribution is -0.384. The Morgan fingerprint density at radius 2 is 2.11 bits per heavy atom. The second-order valence-electron chi connectivity index (χ2n) is 3.57. The lowest BCUT2D eigenvalue weighted by atomic mass is 10.4. The van der Waals surface area contributed by atoms with Crippen LogP contribution in [0.25, 0.3) is 0 Å². The lowest BCUT2D eigenvalue weighted by Gasteiger charge is -2.06. The first kappa shape index (κ1) is 15.5. The number of aromatic nitrogens is 2. The van der Waals surface area contributed by atoms with E-state index in [0.717, 1.165) is 12.6 Å². The van der Waals surface area contributed by atoms with E-state index < -0.39 is 20.6 Å². The van der Waals surface area contributed by atoms with Crippen LogP contribution in [0.4, 0.5) is 11.5 Å². The minimum Gasteiger partial charge on any atom is -0.364 e. The summed E-state index contributed by atoms with van der Waals surface area (Å²) in [7, 11) is -3.23. The average molecular weight is 310 g/mol. The molecule has 0 aliphatic heterocycles. The van der Waals surface area contributed by atoms with Crippen molar-refractivity contribution in [1.29, 1.82) is 0 Å². The molecule has 2 N–H and O–H groups in total. The zero-order valence-electron chi connectivity index (χ0n) is 9.96. The van der Waals surface area contributed by atoms with Gasteiger partial charge in [0, 0.05) is 13.1 Å². The summed E-state index contributed by atoms with van der Waals surface area (Å²) in [6.45, 7) is 0.523. The SMILES string of the molecule is CS(=O)(=O)NCCCNc1ncnc(Cl)c1[N+](=O)[O-]. The van der Waals surface area contributed by atoms with Gasteiger partial charge in [-0.15, -0.1) is 0 Å². The first-order valence-electron chi connectivity index (χ1n) is 5.14. The van der Waals surface area contributed by atoms with Crippen LogP contribution >= 0.6 is 11.6 Å². The van der Waals surface area contributed by atoms with Gasteiger partial charge < -0.3 is 5.32 Å². The molecule has 106 valence electrons. The van der Waals surface area contributed by atoms with Crippen molar-refractivity contribution in [2.45, 2.75) is 6.42 Å². The molecular weight excluding hydrogens is 298 g/mol. The topological polar surface area (TPSA) is 127 Å². The third-order valence-corrected chi connectivity index (χ3v) is 2.98. The minimum atomic E-state index is -3.23. The highest BCUT2D eigenvalue weighted by atomic mass is 35.5. The van der Waals surface area contributed by atoms with Crippen LogP contribution in [0.5, 0.6) is 0 Å². The Hall–Kier alpha value is -1.52. The van der Waals surface area contributed by atoms with Gasteiger partial charge in [0.05, 0.1) is 11.2 Å². The molecule has 0 spiro atoms. The normalized spacial score (nSPS) is 11.3. The van der Waals surface area contributed by atoms with Crippen molar-refractivity contribution in [3.63, 3.8) is 0 Å². The molecule has 0 bridgehead atoms. The maximum atomic E-state index is 10.8. The Morgan fingerprint density at radius 1 is 1.42 bits per heavy atom. The van der Waals surface area contributed by atoms with Crippen LogP contribution in [0, 0.1) is 10.1 Å². The summed E-state index contributed by atoms with van der Waals surface area (Å²) < 4.78 is 23.9. The molecule has 0 atom stereocenters. The number of nitrogens with zero attached hydrogens (tertiary/aromatic N) is 3. The molecule has 0 fully saturated rings. The maximum Gasteiger partial charge on any atom is 0.348 e. The molecule has 0 radical (unpaired) electrons. The molecule has 0 aromatic carbocycles. The van der Waals surface area contributed by atoms with E-state index in [1.165, 1.54) is 0 Å². The number of hydrogen-bond acceptors (Lipinski definition) is 7. The summed E-state index contributed by atoms with van der Waals surface area (Å²) in [4.78, 5) is 17.3. The smallest absolute Gasteiger partial charge is 0.348 e. The van der Waals surface area contributed by atoms with E-state index >= 15 is 0 Å². The van der Waals surface area contributed by atoms with Crippen LogP contribution in [0.1, 0.15) is 6.42 Å². The molecule has 0 unspecified atom stereocenters. The summed E-state index contributed by atoms with van der Waals surface area (Å²) in [5.41, 5.74) is -0.403. The second-order valence-corrected chi connectivity index (χ2v) is 5.76. The van der Waals surface area contributed by atoms with Gasteiger partial charge in [-0.1, -0.05) is 11.6 Å². The summed E-state index contributed by atoms with van der Waals surface area (Å²) in [5, 5.41) is 13.2. The monoisotopic (exact) mass is 309 g/mol. The zero-order valence-corrected chi connectivity index (χ0v) is 11.5. The van der Waals surface area contributed by atoms with Gasteiger partial charge in [0.2, 0.25) is 21.0 Å². The van der Waals surface area contributed by atoms with Crippen LogP contribution in [-0.2, 0) is 10.0 Å². The highest BCUT2D eigenvalue weighted by Crippen LogP contribution is 2.27. The van der Waals surface area contributed by atoms with E-state index in [1.807, 2.05) is 0 Å². The van der Waals surface area contributed by atoms with Gasteiger partial charge in [0.15, 0.2) is 0 Å². The number of sulfonamides is 1. The number of nitro groups is 1. The van der Waals surface area contributed by atoms with Crippen LogP contribution in [0.15, 0.2) is 6.33 Å². The molecule has 0 saturated carbocycles. The van der Waals surface area contributed by atoms with Crippen molar-refractivity contribution in [2.24, 2.45) is 0 Å². The van der Waals surface area contributed by atoms with Gasteiger partial charge in [-0.3, -0.25) is 10.1 Å². The molecule has 0 aliphatic rings. The van der Waals surface area contributed by atoms with Crippen LogP contribution in [0.3, 0.4) is 0 Å². The summed E-state index contributed by atoms with van der Waals surface area (Å²) in [6.07, 6.45) is 2.59. The molecule has 11 heteroatoms. The van der Waals surface area contributed by atoms with Crippen LogP contribution < -0.4 is 10.0 Å². The van der Waals surface area contributed by atoms with E-state index in [-0.39, 0.29) is 17.5 Å². The zero-order chi connectivity index (χ0) is 14.5. The maximum absolute atomic E-state index is 10.8. The number of hydrogen-bond donors (Lipinski definition) is 2. The van der Waals surface area contributed by atoms with E-state index in [4.69, 9.17) is 11.6 Å². The summed E-state index contributed by atoms with van der Waals surface area (Å²) in [6, 6.07) is 0. The first-order chi connectivity index (χ1) is 8.81. The van der Waals surface area contributed by atoms with Crippen LogP contribution in [-0.4, -0.2) is 42.7 Å². The van der Waals surface area contributed by atoms with Crippen molar-refractivity contribution < 1.29 is 13.3 Å². The van der Waals surface area contributed by atoms with Crippen LogP contribution in [0.2, 0.25) is 5.15 Å². The van der Waals surface area contributed by atoms with Gasteiger partial charge in [-0.25, -0.2) is 23.1 Å². The first-order valence-corrected chi connectivity index (χ1v) is 7.41. The third-order valence-electron chi connectivity index (χ3n) is 1.97. The van der Waals surface area contributed by atoms with Gasteiger partial charge in [-0.05, 0) is 6.42 Å². The molecule has 9 nitrogen and oxygen atoms in total. The molecule has 0 saturated heterocycles. The molecule has 1 heterocycles. The van der Waals surface area contributed by atoms with E-state index in [2.05, 4.69) is 20.0 Å². The predicted molar refractivity (Wildman–Crippen MR) is 69.6 cm³/mol. The largest absolute Gasteiger partial charge is 0.364 e. The van der Waals surface area contributed by atoms with Gasteiger partial charge in [-0.2, -0.15) is 0 Å². The van der Waals surface area contributed by atoms with Crippen molar-refractivity contribution in [2.75, 3.05) is 24.7 Å². The fourth-order valence-corrected chi connectivity index (χ4v) is 1.92. The van der Waals surface area contributed by atoms with Crippen molar-refractivity contribution in [1.82, 2.24) is 14.7 Å². The number of rotatable bonds is 7. The summed E-state index contributed by atoms with van der Waals surface area (Å²) >= 11 is 5.60. The van der Waals surface area contributed by atoms with Crippen molar-refractivity contribution >= 4 is 33.1 Å². The number of nitrogens with one attached hydrogen (secondary N) is 2. The summed E-state index contributed by atoms with van der Waals surface area (Å²) in [5.74, 6) is 0.00403. The molecule has 0 aliphatic carbocycles. The average Bonchev–Trinajstić information content (AvgIpc) is 2.26. The standard InChI is InChI=1S/C8H12ClN5O4S/c1-19(17,18)13-4-2-3-10-8-6(14(15)16)7(9)11-5-12-8/h5,13H,2-4H2,1H3,(H,10,11,12). The fourth-order valence-electron chi connectivity index (χ4n) is 1.20. The molecule has 1 rings (SSSR count). The van der Waals surface area contributed by atoms with E-state index in [0.29, 0.717) is 13.0 Å². The molecule has 19 heavy (non-hydrogen) atoms. The lowest BCUT2D eigenvalue weighted by Crippen LogP contribution is -2.24. The Bertz CT molecular complexity index is 564. The fraction of sp³-hybridized carbons (Fsp3) is 0.500.